The summed E-state index contributed by atoms with van der Waals surface area (Å²) in [4.78, 5) is 4.03. The van der Waals surface area contributed by atoms with Gasteiger partial charge < -0.3 is 5.32 Å². The quantitative estimate of drug-likeness (QED) is 0.610. The lowest BCUT2D eigenvalue weighted by Crippen LogP contribution is -2.25. The highest BCUT2D eigenvalue weighted by molar-refractivity contribution is 6.29. The molecule has 2 rings (SSSR count). The van der Waals surface area contributed by atoms with Gasteiger partial charge in [0.05, 0.1) is 0 Å². The molecular weight excluding hydrogens is 196 g/mol. The number of halogens is 1. The van der Waals surface area contributed by atoms with E-state index in [1.54, 1.807) is 0 Å². The van der Waals surface area contributed by atoms with Gasteiger partial charge in [-0.15, -0.1) is 0 Å². The molecule has 0 aromatic carbocycles. The molecule has 3 heteroatoms. The molecule has 1 aliphatic carbocycles. The van der Waals surface area contributed by atoms with Crippen LogP contribution in [-0.4, -0.2) is 11.0 Å². The summed E-state index contributed by atoms with van der Waals surface area (Å²) in [5, 5.41) is 4.02. The third-order valence-electron chi connectivity index (χ3n) is 2.39. The molecule has 0 amide bonds. The van der Waals surface area contributed by atoms with E-state index in [2.05, 4.69) is 22.5 Å². The smallest absolute Gasteiger partial charge is 0.129 e. The average Bonchev–Trinajstić information content (AvgIpc) is 2.70. The van der Waals surface area contributed by atoms with Crippen LogP contribution in [-0.2, 0) is 6.54 Å². The SMILES string of the molecule is Clc1ccc(CNC2CC=CC2)cn1. The van der Waals surface area contributed by atoms with Crippen LogP contribution in [0.4, 0.5) is 0 Å². The lowest BCUT2D eigenvalue weighted by molar-refractivity contribution is 0.538. The van der Waals surface area contributed by atoms with Crippen molar-refractivity contribution in [2.45, 2.75) is 25.4 Å². The van der Waals surface area contributed by atoms with E-state index in [9.17, 15) is 0 Å². The Morgan fingerprint density at radius 3 is 2.79 bits per heavy atom. The minimum Gasteiger partial charge on any atom is -0.309 e. The van der Waals surface area contributed by atoms with Gasteiger partial charge in [0.15, 0.2) is 0 Å². The van der Waals surface area contributed by atoms with Crippen molar-refractivity contribution >= 4 is 11.6 Å². The van der Waals surface area contributed by atoms with Gasteiger partial charge in [0.2, 0.25) is 0 Å². The molecular formula is C11H13ClN2. The number of pyridine rings is 1. The first-order valence-corrected chi connectivity index (χ1v) is 5.21. The van der Waals surface area contributed by atoms with Crippen molar-refractivity contribution < 1.29 is 0 Å². The predicted octanol–water partition coefficient (Wildman–Crippen LogP) is 2.54. The maximum atomic E-state index is 5.70. The molecule has 0 unspecified atom stereocenters. The van der Waals surface area contributed by atoms with Crippen LogP contribution in [0.2, 0.25) is 5.15 Å². The van der Waals surface area contributed by atoms with Crippen molar-refractivity contribution in [2.75, 3.05) is 0 Å². The highest BCUT2D eigenvalue weighted by Crippen LogP contribution is 2.10. The second-order valence-electron chi connectivity index (χ2n) is 3.51. The van der Waals surface area contributed by atoms with Crippen molar-refractivity contribution in [1.82, 2.24) is 10.3 Å². The zero-order valence-corrected chi connectivity index (χ0v) is 8.67. The van der Waals surface area contributed by atoms with Crippen LogP contribution in [0, 0.1) is 0 Å². The second kappa shape index (κ2) is 4.58. The second-order valence-corrected chi connectivity index (χ2v) is 3.90. The molecule has 0 fully saturated rings. The molecule has 0 radical (unpaired) electrons. The zero-order valence-electron chi connectivity index (χ0n) is 7.91. The summed E-state index contributed by atoms with van der Waals surface area (Å²) in [6.07, 6.45) is 8.54. The molecule has 1 aliphatic rings. The predicted molar refractivity (Wildman–Crippen MR) is 58.2 cm³/mol. The fourth-order valence-electron chi connectivity index (χ4n) is 1.56. The number of nitrogens with one attached hydrogen (secondary N) is 1. The summed E-state index contributed by atoms with van der Waals surface area (Å²) in [6.45, 7) is 0.872. The van der Waals surface area contributed by atoms with Gasteiger partial charge in [-0.1, -0.05) is 29.8 Å². The summed E-state index contributed by atoms with van der Waals surface area (Å²) < 4.78 is 0. The maximum absolute atomic E-state index is 5.70. The van der Waals surface area contributed by atoms with Crippen LogP contribution in [0.1, 0.15) is 18.4 Å². The average molecular weight is 209 g/mol. The zero-order chi connectivity index (χ0) is 9.80. The van der Waals surface area contributed by atoms with E-state index in [4.69, 9.17) is 11.6 Å². The van der Waals surface area contributed by atoms with Crippen molar-refractivity contribution in [3.63, 3.8) is 0 Å². The lowest BCUT2D eigenvalue weighted by atomic mass is 10.2. The number of aromatic nitrogens is 1. The highest BCUT2D eigenvalue weighted by atomic mass is 35.5. The fourth-order valence-corrected chi connectivity index (χ4v) is 1.67. The summed E-state index contributed by atoms with van der Waals surface area (Å²) >= 11 is 5.70. The van der Waals surface area contributed by atoms with Gasteiger partial charge in [-0.05, 0) is 24.5 Å². The Morgan fingerprint density at radius 2 is 2.14 bits per heavy atom. The Bertz CT molecular complexity index is 311. The number of hydrogen-bond donors (Lipinski definition) is 1. The van der Waals surface area contributed by atoms with Crippen LogP contribution in [0.5, 0.6) is 0 Å². The van der Waals surface area contributed by atoms with Gasteiger partial charge >= 0.3 is 0 Å². The van der Waals surface area contributed by atoms with Crippen molar-refractivity contribution in [1.29, 1.82) is 0 Å². The maximum Gasteiger partial charge on any atom is 0.129 e. The van der Waals surface area contributed by atoms with Gasteiger partial charge in [0.25, 0.3) is 0 Å². The van der Waals surface area contributed by atoms with E-state index in [0.717, 1.165) is 19.4 Å². The summed E-state index contributed by atoms with van der Waals surface area (Å²) in [5.41, 5.74) is 1.18. The lowest BCUT2D eigenvalue weighted by Gasteiger charge is -2.11. The molecule has 1 aromatic rings. The van der Waals surface area contributed by atoms with E-state index >= 15 is 0 Å². The van der Waals surface area contributed by atoms with Crippen molar-refractivity contribution in [2.24, 2.45) is 0 Å². The van der Waals surface area contributed by atoms with Gasteiger partial charge in [-0.3, -0.25) is 0 Å². The van der Waals surface area contributed by atoms with Gasteiger partial charge in [0, 0.05) is 18.8 Å². The van der Waals surface area contributed by atoms with Crippen LogP contribution in [0.25, 0.3) is 0 Å². The summed E-state index contributed by atoms with van der Waals surface area (Å²) in [7, 11) is 0. The first kappa shape index (κ1) is 9.69. The van der Waals surface area contributed by atoms with Gasteiger partial charge in [-0.2, -0.15) is 0 Å². The first-order chi connectivity index (χ1) is 6.84. The van der Waals surface area contributed by atoms with Crippen molar-refractivity contribution in [3.8, 4) is 0 Å². The molecule has 0 saturated carbocycles. The van der Waals surface area contributed by atoms with Gasteiger partial charge in [0.1, 0.15) is 5.15 Å². The van der Waals surface area contributed by atoms with E-state index < -0.39 is 0 Å². The Kier molecular flexibility index (Phi) is 3.17. The van der Waals surface area contributed by atoms with Crippen LogP contribution < -0.4 is 5.32 Å². The molecule has 0 bridgehead atoms. The Morgan fingerprint density at radius 1 is 1.36 bits per heavy atom. The highest BCUT2D eigenvalue weighted by Gasteiger charge is 2.08. The molecule has 1 aromatic heterocycles. The van der Waals surface area contributed by atoms with E-state index in [1.807, 2.05) is 18.3 Å². The standard InChI is InChI=1S/C11H13ClN2/c12-11-6-5-9(8-14-11)7-13-10-3-1-2-4-10/h1-2,5-6,8,10,13H,3-4,7H2. The molecule has 2 nitrogen and oxygen atoms in total. The molecule has 1 N–H and O–H groups in total. The molecule has 14 heavy (non-hydrogen) atoms. The summed E-state index contributed by atoms with van der Waals surface area (Å²) in [5.74, 6) is 0. The first-order valence-electron chi connectivity index (χ1n) is 4.83. The third kappa shape index (κ3) is 2.56. The Balaban J connectivity index is 1.82. The summed E-state index contributed by atoms with van der Waals surface area (Å²) in [6, 6.07) is 4.43. The number of rotatable bonds is 3. The number of nitrogens with zero attached hydrogens (tertiary/aromatic N) is 1. The Hall–Kier alpha value is -0.860. The Labute approximate surface area is 89.0 Å². The molecule has 0 atom stereocenters. The molecule has 1 heterocycles. The van der Waals surface area contributed by atoms with E-state index in [-0.39, 0.29) is 0 Å². The third-order valence-corrected chi connectivity index (χ3v) is 2.61. The van der Waals surface area contributed by atoms with E-state index in [1.165, 1.54) is 5.56 Å². The normalized spacial score (nSPS) is 16.4. The van der Waals surface area contributed by atoms with Crippen molar-refractivity contribution in [3.05, 3.63) is 41.2 Å². The molecule has 0 spiro atoms. The minimum atomic E-state index is 0.552. The monoisotopic (exact) mass is 208 g/mol. The topological polar surface area (TPSA) is 24.9 Å². The van der Waals surface area contributed by atoms with Crippen LogP contribution in [0.15, 0.2) is 30.5 Å². The van der Waals surface area contributed by atoms with Crippen LogP contribution >= 0.6 is 11.6 Å². The largest absolute Gasteiger partial charge is 0.309 e. The van der Waals surface area contributed by atoms with Crippen LogP contribution in [0.3, 0.4) is 0 Å². The fraction of sp³-hybridized carbons (Fsp3) is 0.364. The van der Waals surface area contributed by atoms with Gasteiger partial charge in [-0.25, -0.2) is 4.98 Å². The molecule has 74 valence electrons. The van der Waals surface area contributed by atoms with E-state index in [0.29, 0.717) is 11.2 Å². The molecule has 0 saturated heterocycles. The minimum absolute atomic E-state index is 0.552. The number of hydrogen-bond acceptors (Lipinski definition) is 2. The molecule has 0 aliphatic heterocycles.